The summed E-state index contributed by atoms with van der Waals surface area (Å²) in [7, 11) is 0. The van der Waals surface area contributed by atoms with Crippen molar-refractivity contribution in [2.45, 2.75) is 6.92 Å². The van der Waals surface area contributed by atoms with Crippen molar-refractivity contribution < 1.29 is 6.68 Å². The first-order valence-electron chi connectivity index (χ1n) is 1.15. The van der Waals surface area contributed by atoms with Crippen LogP contribution in [0.25, 0.3) is 0 Å². The molecule has 0 N–H and O–H groups in total. The molecule has 0 rings (SSSR count). The fourth-order valence-corrected chi connectivity index (χ4v) is 0. The molecule has 0 aromatic rings. The van der Waals surface area contributed by atoms with Gasteiger partial charge in [-0.2, -0.15) is 0 Å². The minimum atomic E-state index is 0. The van der Waals surface area contributed by atoms with Gasteiger partial charge in [0.15, 0.2) is 0 Å². The Bertz CT molecular complexity index is 17.7. The van der Waals surface area contributed by atoms with Gasteiger partial charge in [0.25, 0.3) is 0 Å². The third-order valence-corrected chi connectivity index (χ3v) is 0.567. The maximum absolute atomic E-state index is 4.35. The van der Waals surface area contributed by atoms with E-state index in [4.69, 9.17) is 0 Å². The average molecular weight is 151 g/mol. The molecule has 0 fully saturated rings. The molecule has 0 heterocycles. The van der Waals surface area contributed by atoms with Crippen molar-refractivity contribution in [2.75, 3.05) is 6.61 Å². The van der Waals surface area contributed by atoms with Crippen molar-refractivity contribution in [3.05, 3.63) is 0 Å². The molecule has 0 aliphatic heterocycles. The van der Waals surface area contributed by atoms with Gasteiger partial charge in [-0.05, 0) is 6.92 Å². The van der Waals surface area contributed by atoms with E-state index in [1.165, 1.54) is 0 Å². The molecule has 0 aliphatic rings. The van der Waals surface area contributed by atoms with Gasteiger partial charge in [0.1, 0.15) is 0 Å². The molecule has 3 heteroatoms. The Morgan fingerprint density at radius 2 is 2.20 bits per heavy atom. The Morgan fingerprint density at radius 3 is 2.20 bits per heavy atom. The topological polar surface area (TPSA) is 9.23 Å². The summed E-state index contributed by atoms with van der Waals surface area (Å²) in [5.41, 5.74) is 0. The molecular weight excluding hydrogens is 144 g/mol. The third kappa shape index (κ3) is 11.0. The number of rotatable bonds is 1. The van der Waals surface area contributed by atoms with Crippen LogP contribution in [0, 0.1) is 0 Å². The van der Waals surface area contributed by atoms with Crippen LogP contribution < -0.4 is 0 Å². The fourth-order valence-electron chi connectivity index (χ4n) is 0. The summed E-state index contributed by atoms with van der Waals surface area (Å²) in [5, 5.41) is 0. The zero-order valence-electron chi connectivity index (χ0n) is 5.20. The number of hydrogen-bond donors (Lipinski definition) is 0. The van der Waals surface area contributed by atoms with Crippen LogP contribution in [0.5, 0.6) is 0 Å². The van der Waals surface area contributed by atoms with Gasteiger partial charge in [-0.3, -0.25) is 0 Å². The van der Waals surface area contributed by atoms with Gasteiger partial charge in [-0.1, -0.05) is 0 Å². The molecule has 0 aromatic carbocycles. The third-order valence-electron chi connectivity index (χ3n) is 0.109. The van der Waals surface area contributed by atoms with Crippen LogP contribution in [0.1, 0.15) is 9.78 Å². The minimum absolute atomic E-state index is 0. The summed E-state index contributed by atoms with van der Waals surface area (Å²) in [5.74, 6) is 0. The summed E-state index contributed by atoms with van der Waals surface area (Å²) in [6.07, 6.45) is 0. The molecule has 0 unspecified atom stereocenters. The number of hydrogen-bond acceptors (Lipinski definition) is 1. The van der Waals surface area contributed by atoms with Crippen molar-refractivity contribution in [1.82, 2.24) is 0 Å². The monoisotopic (exact) mass is 150 g/mol. The van der Waals surface area contributed by atoms with Crippen molar-refractivity contribution in [3.8, 4) is 0 Å². The van der Waals surface area contributed by atoms with E-state index in [2.05, 4.69) is 20.1 Å². The SMILES string of the molecule is CCOBr.[H-].[H-].[Mg+2]. The Morgan fingerprint density at radius 1 is 2.00 bits per heavy atom. The van der Waals surface area contributed by atoms with Gasteiger partial charge < -0.3 is 6.68 Å². The van der Waals surface area contributed by atoms with Gasteiger partial charge >= 0.3 is 23.1 Å². The molecule has 0 bridgehead atoms. The molecule has 0 radical (unpaired) electrons. The Labute approximate surface area is 59.6 Å². The van der Waals surface area contributed by atoms with Crippen LogP contribution >= 0.6 is 16.3 Å². The van der Waals surface area contributed by atoms with Gasteiger partial charge in [0.05, 0.1) is 22.9 Å². The van der Waals surface area contributed by atoms with E-state index < -0.39 is 0 Å². The standard InChI is InChI=1S/C2H5BrO.Mg.2H/c1-2-4-3;;;/h2H2,1H3;;;/q;+2;2*-1. The Kier molecular flexibility index (Phi) is 17.0. The van der Waals surface area contributed by atoms with Crippen LogP contribution in [-0.2, 0) is 3.83 Å². The van der Waals surface area contributed by atoms with E-state index in [0.717, 1.165) is 6.61 Å². The predicted octanol–water partition coefficient (Wildman–Crippen LogP) is 1.18. The first-order valence-corrected chi connectivity index (χ1v) is 1.80. The van der Waals surface area contributed by atoms with E-state index in [1.54, 1.807) is 0 Å². The van der Waals surface area contributed by atoms with Gasteiger partial charge in [0.2, 0.25) is 0 Å². The van der Waals surface area contributed by atoms with Crippen molar-refractivity contribution in [3.63, 3.8) is 0 Å². The molecule has 0 amide bonds. The van der Waals surface area contributed by atoms with Crippen LogP contribution in [0.15, 0.2) is 0 Å². The average Bonchev–Trinajstić information content (AvgIpc) is 1.37. The van der Waals surface area contributed by atoms with Crippen LogP contribution in [0.2, 0.25) is 0 Å². The van der Waals surface area contributed by atoms with E-state index in [9.17, 15) is 0 Å². The predicted molar refractivity (Wildman–Crippen MR) is 28.5 cm³/mol. The van der Waals surface area contributed by atoms with Gasteiger partial charge in [-0.25, -0.2) is 0 Å². The van der Waals surface area contributed by atoms with E-state index in [1.807, 2.05) is 6.92 Å². The van der Waals surface area contributed by atoms with Crippen LogP contribution in [-0.4, -0.2) is 29.7 Å². The van der Waals surface area contributed by atoms with E-state index in [-0.39, 0.29) is 25.9 Å². The second kappa shape index (κ2) is 8.96. The maximum atomic E-state index is 4.35. The van der Waals surface area contributed by atoms with Gasteiger partial charge in [-0.15, -0.1) is 0 Å². The van der Waals surface area contributed by atoms with Crippen molar-refractivity contribution in [2.24, 2.45) is 0 Å². The first kappa shape index (κ1) is 9.51. The first-order chi connectivity index (χ1) is 1.91. The minimum Gasteiger partial charge on any atom is -1.00 e. The molecule has 5 heavy (non-hydrogen) atoms. The molecule has 0 aromatic heterocycles. The summed E-state index contributed by atoms with van der Waals surface area (Å²) < 4.78 is 4.35. The zero-order valence-corrected chi connectivity index (χ0v) is 6.20. The second-order valence-corrected chi connectivity index (χ2v) is 0.856. The maximum Gasteiger partial charge on any atom is 2.00 e. The molecule has 0 atom stereocenters. The summed E-state index contributed by atoms with van der Waals surface area (Å²) in [6, 6.07) is 0. The summed E-state index contributed by atoms with van der Waals surface area (Å²) in [4.78, 5) is 0. The molecule has 0 aliphatic carbocycles. The molecule has 0 spiro atoms. The smallest absolute Gasteiger partial charge is 1.00 e. The largest absolute Gasteiger partial charge is 2.00 e. The Hall–Kier alpha value is 1.21. The second-order valence-electron chi connectivity index (χ2n) is 0.398. The van der Waals surface area contributed by atoms with Gasteiger partial charge in [0, 0.05) is 0 Å². The van der Waals surface area contributed by atoms with Crippen LogP contribution in [0.3, 0.4) is 0 Å². The summed E-state index contributed by atoms with van der Waals surface area (Å²) >= 11 is 2.75. The zero-order chi connectivity index (χ0) is 3.41. The van der Waals surface area contributed by atoms with Crippen molar-refractivity contribution >= 4 is 39.3 Å². The van der Waals surface area contributed by atoms with Crippen LogP contribution in [0.4, 0.5) is 0 Å². The molecule has 1 nitrogen and oxygen atoms in total. The molecule has 0 saturated carbocycles. The molecule has 30 valence electrons. The number of halogens is 1. The summed E-state index contributed by atoms with van der Waals surface area (Å²) in [6.45, 7) is 2.65. The fraction of sp³-hybridized carbons (Fsp3) is 1.00. The molecular formula is C2H7BrMgO. The van der Waals surface area contributed by atoms with Crippen molar-refractivity contribution in [1.29, 1.82) is 0 Å². The van der Waals surface area contributed by atoms with E-state index in [0.29, 0.717) is 0 Å². The molecule has 0 saturated heterocycles. The van der Waals surface area contributed by atoms with E-state index >= 15 is 0 Å². The quantitative estimate of drug-likeness (QED) is 0.511. The normalized spacial score (nSPS) is 6.00. The Balaban J connectivity index is -0.0000000150.